The highest BCUT2D eigenvalue weighted by molar-refractivity contribution is 6.33. The fraction of sp³-hybridized carbons (Fsp3) is 0.643. The van der Waals surface area contributed by atoms with E-state index >= 15 is 0 Å². The maximum atomic E-state index is 6.29. The highest BCUT2D eigenvalue weighted by Gasteiger charge is 2.13. The van der Waals surface area contributed by atoms with Gasteiger partial charge in [-0.1, -0.05) is 11.6 Å². The normalized spacial score (nSPS) is 12.0. The molecule has 0 atom stereocenters. The van der Waals surface area contributed by atoms with E-state index < -0.39 is 0 Å². The average Bonchev–Trinajstić information content (AvgIpc) is 2.24. The van der Waals surface area contributed by atoms with Gasteiger partial charge in [-0.15, -0.1) is 0 Å². The topological polar surface area (TPSA) is 28.2 Å². The quantitative estimate of drug-likeness (QED) is 0.907. The number of halogens is 1. The van der Waals surface area contributed by atoms with E-state index in [9.17, 15) is 0 Å². The Labute approximate surface area is 116 Å². The van der Waals surface area contributed by atoms with Gasteiger partial charge < -0.3 is 10.2 Å². The maximum Gasteiger partial charge on any atom is 0.147 e. The molecule has 0 bridgehead atoms. The zero-order chi connectivity index (χ0) is 13.9. The lowest BCUT2D eigenvalue weighted by Crippen LogP contribution is -2.35. The smallest absolute Gasteiger partial charge is 0.147 e. The summed E-state index contributed by atoms with van der Waals surface area (Å²) in [6.07, 6.45) is 1.89. The second-order valence-electron chi connectivity index (χ2n) is 5.96. The Kier molecular flexibility index (Phi) is 5.00. The van der Waals surface area contributed by atoms with Crippen LogP contribution in [0.2, 0.25) is 5.02 Å². The van der Waals surface area contributed by atoms with E-state index in [-0.39, 0.29) is 5.54 Å². The van der Waals surface area contributed by atoms with Crippen LogP contribution in [0.4, 0.5) is 5.82 Å². The van der Waals surface area contributed by atoms with Crippen LogP contribution in [0, 0.1) is 0 Å². The minimum atomic E-state index is 0.0971. The van der Waals surface area contributed by atoms with E-state index in [4.69, 9.17) is 11.6 Å². The first-order valence-electron chi connectivity index (χ1n) is 6.33. The van der Waals surface area contributed by atoms with Crippen molar-refractivity contribution in [3.8, 4) is 0 Å². The minimum absolute atomic E-state index is 0.0971. The van der Waals surface area contributed by atoms with E-state index in [0.29, 0.717) is 11.1 Å². The number of nitrogens with one attached hydrogen (secondary N) is 1. The lowest BCUT2D eigenvalue weighted by molar-refractivity contribution is 0.424. The Morgan fingerprint density at radius 2 is 2.00 bits per heavy atom. The van der Waals surface area contributed by atoms with Gasteiger partial charge in [-0.2, -0.15) is 0 Å². The first kappa shape index (κ1) is 15.3. The van der Waals surface area contributed by atoms with Gasteiger partial charge in [0, 0.05) is 31.4 Å². The molecule has 0 spiro atoms. The van der Waals surface area contributed by atoms with E-state index in [0.717, 1.165) is 17.9 Å². The van der Waals surface area contributed by atoms with Crippen molar-refractivity contribution >= 4 is 17.4 Å². The molecular formula is C14H24ClN3. The largest absolute Gasteiger partial charge is 0.356 e. The van der Waals surface area contributed by atoms with Crippen molar-refractivity contribution < 1.29 is 0 Å². The van der Waals surface area contributed by atoms with Crippen molar-refractivity contribution in [1.29, 1.82) is 0 Å². The van der Waals surface area contributed by atoms with Crippen LogP contribution in [0.15, 0.2) is 12.3 Å². The highest BCUT2D eigenvalue weighted by atomic mass is 35.5. The maximum absolute atomic E-state index is 6.29. The molecule has 3 nitrogen and oxygen atoms in total. The Balaban J connectivity index is 2.80. The molecule has 0 amide bonds. The third-order valence-corrected chi connectivity index (χ3v) is 3.09. The lowest BCUT2D eigenvalue weighted by atomic mass is 10.1. The van der Waals surface area contributed by atoms with E-state index in [1.165, 1.54) is 0 Å². The summed E-state index contributed by atoms with van der Waals surface area (Å²) >= 11 is 6.29. The van der Waals surface area contributed by atoms with Gasteiger partial charge in [0.1, 0.15) is 5.82 Å². The molecule has 0 aliphatic rings. The number of hydrogen-bond acceptors (Lipinski definition) is 3. The molecule has 0 aromatic carbocycles. The van der Waals surface area contributed by atoms with Gasteiger partial charge in [0.2, 0.25) is 0 Å². The number of aromatic nitrogens is 1. The van der Waals surface area contributed by atoms with Crippen LogP contribution < -0.4 is 10.2 Å². The molecule has 0 saturated heterocycles. The zero-order valence-electron chi connectivity index (χ0n) is 12.2. The summed E-state index contributed by atoms with van der Waals surface area (Å²) in [5.74, 6) is 0.839. The molecule has 4 heteroatoms. The molecule has 102 valence electrons. The van der Waals surface area contributed by atoms with E-state index in [1.54, 1.807) is 0 Å². The van der Waals surface area contributed by atoms with Crippen molar-refractivity contribution in [2.45, 2.75) is 52.7 Å². The summed E-state index contributed by atoms with van der Waals surface area (Å²) in [5, 5.41) is 4.13. The van der Waals surface area contributed by atoms with Crippen LogP contribution in [-0.2, 0) is 6.54 Å². The average molecular weight is 270 g/mol. The first-order valence-corrected chi connectivity index (χ1v) is 6.71. The van der Waals surface area contributed by atoms with Crippen LogP contribution in [0.1, 0.15) is 40.2 Å². The molecule has 1 N–H and O–H groups in total. The summed E-state index contributed by atoms with van der Waals surface area (Å²) in [5.41, 5.74) is 1.20. The Hall–Kier alpha value is -0.800. The van der Waals surface area contributed by atoms with Gasteiger partial charge in [-0.3, -0.25) is 0 Å². The van der Waals surface area contributed by atoms with Crippen molar-refractivity contribution in [2.75, 3.05) is 11.9 Å². The molecule has 1 aromatic rings. The Bertz CT molecular complexity index is 397. The summed E-state index contributed by atoms with van der Waals surface area (Å²) in [7, 11) is 2.01. The molecule has 0 aliphatic carbocycles. The summed E-state index contributed by atoms with van der Waals surface area (Å²) in [4.78, 5) is 6.53. The first-order chi connectivity index (χ1) is 8.20. The number of rotatable bonds is 4. The number of anilines is 1. The Morgan fingerprint density at radius 3 is 2.44 bits per heavy atom. The lowest BCUT2D eigenvalue weighted by Gasteiger charge is -2.24. The molecule has 1 aromatic heterocycles. The zero-order valence-corrected chi connectivity index (χ0v) is 13.0. The van der Waals surface area contributed by atoms with Crippen molar-refractivity contribution in [1.82, 2.24) is 10.3 Å². The minimum Gasteiger partial charge on any atom is -0.356 e. The molecule has 0 aliphatic heterocycles. The number of pyridine rings is 1. The van der Waals surface area contributed by atoms with Crippen molar-refractivity contribution in [2.24, 2.45) is 0 Å². The van der Waals surface area contributed by atoms with Crippen LogP contribution in [-0.4, -0.2) is 23.6 Å². The second kappa shape index (κ2) is 5.89. The van der Waals surface area contributed by atoms with Gasteiger partial charge in [-0.25, -0.2) is 4.98 Å². The van der Waals surface area contributed by atoms with Gasteiger partial charge in [0.15, 0.2) is 0 Å². The van der Waals surface area contributed by atoms with Gasteiger partial charge in [0.25, 0.3) is 0 Å². The summed E-state index contributed by atoms with van der Waals surface area (Å²) in [6, 6.07) is 2.37. The van der Waals surface area contributed by atoms with Gasteiger partial charge in [-0.05, 0) is 46.2 Å². The van der Waals surface area contributed by atoms with Crippen LogP contribution in [0.3, 0.4) is 0 Å². The van der Waals surface area contributed by atoms with E-state index in [2.05, 4.69) is 49.8 Å². The fourth-order valence-electron chi connectivity index (χ4n) is 1.44. The summed E-state index contributed by atoms with van der Waals surface area (Å²) < 4.78 is 0. The molecule has 1 rings (SSSR count). The van der Waals surface area contributed by atoms with Crippen LogP contribution in [0.25, 0.3) is 0 Å². The van der Waals surface area contributed by atoms with Crippen molar-refractivity contribution in [3.63, 3.8) is 0 Å². The molecule has 0 fully saturated rings. The van der Waals surface area contributed by atoms with E-state index in [1.807, 2.05) is 19.3 Å². The predicted molar refractivity (Wildman–Crippen MR) is 79.4 cm³/mol. The van der Waals surface area contributed by atoms with Crippen molar-refractivity contribution in [3.05, 3.63) is 22.8 Å². The van der Waals surface area contributed by atoms with Crippen LogP contribution in [0.5, 0.6) is 0 Å². The molecule has 0 radical (unpaired) electrons. The Morgan fingerprint density at radius 1 is 1.39 bits per heavy atom. The molecular weight excluding hydrogens is 246 g/mol. The van der Waals surface area contributed by atoms with Gasteiger partial charge in [0.05, 0.1) is 5.02 Å². The fourth-order valence-corrected chi connectivity index (χ4v) is 1.76. The third kappa shape index (κ3) is 4.46. The van der Waals surface area contributed by atoms with Crippen LogP contribution >= 0.6 is 11.6 Å². The number of nitrogens with zero attached hydrogens (tertiary/aromatic N) is 2. The molecule has 0 saturated carbocycles. The predicted octanol–water partition coefficient (Wildman–Crippen LogP) is 3.47. The third-order valence-electron chi connectivity index (χ3n) is 2.81. The monoisotopic (exact) mass is 269 g/mol. The molecule has 18 heavy (non-hydrogen) atoms. The standard InChI is InChI=1S/C14H24ClN3/c1-10(2)18(6)13-12(15)7-11(8-16-13)9-17-14(3,4)5/h7-8,10,17H,9H2,1-6H3. The second-order valence-corrected chi connectivity index (χ2v) is 6.36. The SMILES string of the molecule is CC(C)N(C)c1ncc(CNC(C)(C)C)cc1Cl. The number of hydrogen-bond donors (Lipinski definition) is 1. The molecule has 1 heterocycles. The summed E-state index contributed by atoms with van der Waals surface area (Å²) in [6.45, 7) is 11.4. The van der Waals surface area contributed by atoms with Gasteiger partial charge >= 0.3 is 0 Å². The molecule has 0 unspecified atom stereocenters. The highest BCUT2D eigenvalue weighted by Crippen LogP contribution is 2.24.